The molecular weight excluding hydrogens is 1680 g/mol. The van der Waals surface area contributed by atoms with E-state index in [9.17, 15) is 48.1 Å². The highest BCUT2D eigenvalue weighted by Crippen LogP contribution is 2.42. The van der Waals surface area contributed by atoms with Gasteiger partial charge in [0.1, 0.15) is 52.1 Å². The minimum absolute atomic E-state index is 0.0110. The Morgan fingerprint density at radius 1 is 0.484 bits per heavy atom. The smallest absolute Gasteiger partial charge is 0.346 e. The molecule has 0 spiro atoms. The third kappa shape index (κ3) is 20.7. The number of benzene rings is 2. The number of esters is 1. The first kappa shape index (κ1) is 87.8. The molecule has 0 bridgehead atoms. The van der Waals surface area contributed by atoms with Crippen LogP contribution in [-0.4, -0.2) is 325 Å². The summed E-state index contributed by atoms with van der Waals surface area (Å²) < 4.78 is 49.4. The minimum atomic E-state index is -1.14. The van der Waals surface area contributed by atoms with Crippen LogP contribution in [0.15, 0.2) is 101 Å². The minimum Gasteiger partial charge on any atom is -0.611 e. The number of pyridine rings is 1. The van der Waals surface area contributed by atoms with Crippen LogP contribution in [0, 0.1) is 11.8 Å². The number of fused-ring (bicyclic) bond motifs is 2. The molecule has 7 aromatic rings. The Morgan fingerprint density at radius 3 is 1.45 bits per heavy atom. The van der Waals surface area contributed by atoms with Gasteiger partial charge in [-0.15, -0.1) is 0 Å². The Balaban J connectivity index is 0.000000173. The molecule has 128 heavy (non-hydrogen) atoms. The van der Waals surface area contributed by atoms with Gasteiger partial charge in [0, 0.05) is 193 Å². The monoisotopic (exact) mass is 1790 g/mol. The molecule has 2 aromatic carbocycles. The number of aliphatic hydroxyl groups excluding tert-OH is 2. The number of piperazine rings is 3. The van der Waals surface area contributed by atoms with Crippen molar-refractivity contribution in [2.45, 2.75) is 123 Å². The third-order valence-corrected chi connectivity index (χ3v) is 29.6. The van der Waals surface area contributed by atoms with Crippen molar-refractivity contribution in [2.24, 2.45) is 11.8 Å². The van der Waals surface area contributed by atoms with Crippen molar-refractivity contribution < 1.29 is 67.0 Å². The first-order valence-corrected chi connectivity index (χ1v) is 47.8. The Morgan fingerprint density at radius 2 is 0.953 bits per heavy atom. The van der Waals surface area contributed by atoms with E-state index in [-0.39, 0.29) is 74.1 Å². The van der Waals surface area contributed by atoms with Crippen LogP contribution in [0.4, 0.5) is 62.2 Å². The molecule has 680 valence electrons. The highest BCUT2D eigenvalue weighted by Gasteiger charge is 2.44. The molecule has 6 N–H and O–H groups in total. The molecule has 15 heterocycles. The molecular formula is C88H112N24O14S2. The molecule has 5 aromatic heterocycles. The second-order valence-electron chi connectivity index (χ2n) is 35.3. The molecule has 8 saturated heterocycles. The van der Waals surface area contributed by atoms with Crippen LogP contribution in [0.1, 0.15) is 105 Å². The number of likely N-dealkylation sites (tertiary alicyclic amines) is 3. The van der Waals surface area contributed by atoms with Gasteiger partial charge < -0.3 is 88.1 Å². The van der Waals surface area contributed by atoms with Crippen molar-refractivity contribution in [3.8, 4) is 23.0 Å². The molecule has 0 unspecified atom stereocenters. The number of imide groups is 2. The normalized spacial score (nSPS) is 21.7. The number of hydrogen-bond acceptors (Lipinski definition) is 33. The largest absolute Gasteiger partial charge is 0.611 e. The van der Waals surface area contributed by atoms with Gasteiger partial charge in [-0.05, 0) is 173 Å². The van der Waals surface area contributed by atoms with Crippen LogP contribution in [0.3, 0.4) is 0 Å². The van der Waals surface area contributed by atoms with Gasteiger partial charge in [-0.1, -0.05) is 0 Å². The number of carbonyl (C=O) groups is 6. The van der Waals surface area contributed by atoms with Gasteiger partial charge in [-0.25, -0.2) is 49.3 Å². The molecule has 7 amide bonds. The average molecular weight is 1790 g/mol. The highest BCUT2D eigenvalue weighted by molar-refractivity contribution is 7.92. The van der Waals surface area contributed by atoms with E-state index in [4.69, 9.17) is 43.9 Å². The number of urea groups is 2. The topological polar surface area (TPSA) is 426 Å². The number of piperidine rings is 2. The molecule has 0 radical (unpaired) electrons. The maximum absolute atomic E-state index is 12.9. The van der Waals surface area contributed by atoms with Crippen LogP contribution < -0.4 is 74.5 Å². The van der Waals surface area contributed by atoms with E-state index in [0.29, 0.717) is 149 Å². The van der Waals surface area contributed by atoms with E-state index in [1.54, 1.807) is 60.9 Å². The lowest BCUT2D eigenvalue weighted by Gasteiger charge is -2.43. The Labute approximate surface area is 749 Å². The van der Waals surface area contributed by atoms with Crippen LogP contribution in [-0.2, 0) is 49.6 Å². The number of anilines is 9. The molecule has 2 atom stereocenters. The second-order valence-corrected chi connectivity index (χ2v) is 38.3. The fourth-order valence-corrected chi connectivity index (χ4v) is 21.3. The van der Waals surface area contributed by atoms with Gasteiger partial charge in [0.25, 0.3) is 5.91 Å². The molecule has 38 nitrogen and oxygen atoms in total. The number of aromatic nitrogens is 9. The van der Waals surface area contributed by atoms with Gasteiger partial charge in [0.2, 0.25) is 45.4 Å². The van der Waals surface area contributed by atoms with Crippen molar-refractivity contribution in [1.29, 1.82) is 0 Å². The number of ether oxygens (including phenoxy) is 4. The van der Waals surface area contributed by atoms with E-state index in [0.717, 1.165) is 192 Å². The Kier molecular flexibility index (Phi) is 27.2. The van der Waals surface area contributed by atoms with Crippen molar-refractivity contribution in [1.82, 2.24) is 75.1 Å². The summed E-state index contributed by atoms with van der Waals surface area (Å²) in [6.45, 7) is 19.1. The van der Waals surface area contributed by atoms with Gasteiger partial charge >= 0.3 is 18.0 Å². The third-order valence-electron chi connectivity index (χ3n) is 26.7. The first-order valence-electron chi connectivity index (χ1n) is 45.1. The summed E-state index contributed by atoms with van der Waals surface area (Å²) in [6.07, 6.45) is 21.1. The summed E-state index contributed by atoms with van der Waals surface area (Å²) in [4.78, 5) is 140. The van der Waals surface area contributed by atoms with Crippen LogP contribution in [0.5, 0.6) is 23.0 Å². The fraction of sp³-hybridized carbons (Fsp3) is 0.557. The predicted molar refractivity (Wildman–Crippen MR) is 478 cm³/mol. The van der Waals surface area contributed by atoms with Crippen LogP contribution in [0.2, 0.25) is 0 Å². The number of amides is 7. The fourth-order valence-electron chi connectivity index (χ4n) is 18.6. The second kappa shape index (κ2) is 39.6. The standard InChI is InChI=1S/C47H63N11O7S.C41H49N13O7S/c59-32-47(14-1-15-47)52-44-43-39(13-25-66(43)63)49-45(51-44)56-23-21-55(22-24-56)40-7-6-38(26-48-40)65-37-10-18-54(19-11-37)27-33-8-16-53(17-9-33)28-34-29-57(30-34)42(61)31-64-36-4-2-35(3-5-36)58-20-12-41(60)50-46(58)62;55-27-41(9-1-10-41)49-35-34-32(8-22-62(34)59)46-39(48-35)53-19-17-52(18-20-53)38-44-25-31(26-45-38)60-21-2-11-50-13-15-51(16-14-50)37-42-23-28(24-43-37)36(57)61-30-5-3-29(4-6-30)54-12-7-33(56)47-40(54)58/h2-7,26,33-34,37,59H,1,8-25,27-32H2,(H,49,51,52)(H,50,60,62);3-6,23-26,55H,1-2,7-22,27H2,(H,46,48,49)(H,47,56,58)/t66-;62-/m11/s1. The number of carbonyl (C=O) groups excluding carboxylic acids is 6. The zero-order valence-electron chi connectivity index (χ0n) is 72.1. The molecule has 10 aliphatic heterocycles. The summed E-state index contributed by atoms with van der Waals surface area (Å²) in [7, 11) is 0. The van der Waals surface area contributed by atoms with E-state index in [2.05, 4.69) is 92.5 Å². The predicted octanol–water partition coefficient (Wildman–Crippen LogP) is 4.36. The quantitative estimate of drug-likeness (QED) is 0.0164. The van der Waals surface area contributed by atoms with Crippen LogP contribution in [0.25, 0.3) is 0 Å². The van der Waals surface area contributed by atoms with Crippen molar-refractivity contribution >= 4 is 111 Å². The Bertz CT molecular complexity index is 5040. The summed E-state index contributed by atoms with van der Waals surface area (Å²) in [5.74, 6) is 8.12. The number of nitrogens with zero attached hydrogens (tertiary/aromatic N) is 20. The van der Waals surface area contributed by atoms with E-state index in [1.807, 2.05) is 11.1 Å². The number of rotatable bonds is 29. The molecule has 10 fully saturated rings. The zero-order valence-corrected chi connectivity index (χ0v) is 73.7. The number of nitrogens with one attached hydrogen (secondary N) is 4. The van der Waals surface area contributed by atoms with Crippen molar-refractivity contribution in [3.05, 3.63) is 109 Å². The summed E-state index contributed by atoms with van der Waals surface area (Å²) in [5.41, 5.74) is 2.41. The van der Waals surface area contributed by atoms with Crippen molar-refractivity contribution in [2.75, 3.05) is 233 Å². The number of aliphatic hydroxyl groups is 2. The number of hydrogen-bond donors (Lipinski definition) is 6. The van der Waals surface area contributed by atoms with Gasteiger partial charge in [0.15, 0.2) is 24.0 Å². The van der Waals surface area contributed by atoms with E-state index in [1.165, 1.54) is 35.0 Å². The first-order chi connectivity index (χ1) is 62.4. The average Bonchev–Trinajstić information content (AvgIpc) is 1.54. The van der Waals surface area contributed by atoms with Gasteiger partial charge in [-0.2, -0.15) is 9.97 Å². The highest BCUT2D eigenvalue weighted by atomic mass is 32.2. The molecule has 2 aliphatic carbocycles. The summed E-state index contributed by atoms with van der Waals surface area (Å²) >= 11 is -2.26. The maximum atomic E-state index is 12.9. The summed E-state index contributed by atoms with van der Waals surface area (Å²) in [6, 6.07) is 16.7. The SMILES string of the molecule is O=C1CCN(c2ccc(OC(=O)c3cnc(N4CCN(CCCOc5cnc(N6CCN(c7nc8c(c(NC9(CO)CCC9)n7)[S@+]([O-])CC8)CC6)nc5)CC4)nc3)cc2)C(=O)N1.O=C1CCN(c2ccc(OCC(=O)N3CC(CN4CCC(CN5CCC(Oc6ccc(N7CCN(c8nc9c(c(NC%10(CO)CCC%10)n8)[S@+]([O-])CC9)CC7)nc6)CC5)CC4)C3)cc2)C(=O)N1. The molecule has 40 heteroatoms. The molecule has 2 saturated carbocycles. The zero-order chi connectivity index (χ0) is 87.8. The van der Waals surface area contributed by atoms with E-state index < -0.39 is 45.9 Å². The molecule has 12 aliphatic rings. The maximum Gasteiger partial charge on any atom is 0.346 e. The van der Waals surface area contributed by atoms with E-state index >= 15 is 0 Å². The van der Waals surface area contributed by atoms with Crippen LogP contribution >= 0.6 is 0 Å². The van der Waals surface area contributed by atoms with Gasteiger partial charge in [0.05, 0.1) is 55.1 Å². The lowest BCUT2D eigenvalue weighted by molar-refractivity contribution is -0.140. The lowest BCUT2D eigenvalue weighted by Crippen LogP contribution is -2.55. The Hall–Kier alpha value is -10.9. The lowest BCUT2D eigenvalue weighted by atomic mass is 9.77. The van der Waals surface area contributed by atoms with Crippen molar-refractivity contribution in [3.63, 3.8) is 0 Å². The van der Waals surface area contributed by atoms with Gasteiger partial charge in [-0.3, -0.25) is 39.7 Å². The number of aryl methyl sites for hydroxylation is 2. The summed E-state index contributed by atoms with van der Waals surface area (Å²) in [5, 5.41) is 31.7. The molecule has 19 rings (SSSR count).